The SMILES string of the molecule is Cc1cc(Cl)c(CSc2cnc(N)s2)c(Cl)n1. The van der Waals surface area contributed by atoms with Crippen molar-refractivity contribution in [2.75, 3.05) is 5.73 Å². The Kier molecular flexibility index (Phi) is 4.14. The first-order valence-electron chi connectivity index (χ1n) is 4.72. The number of aromatic nitrogens is 2. The monoisotopic (exact) mass is 305 g/mol. The fourth-order valence-corrected chi connectivity index (χ4v) is 3.85. The number of nitrogen functional groups attached to an aromatic ring is 1. The number of aryl methyl sites for hydroxylation is 1. The van der Waals surface area contributed by atoms with E-state index >= 15 is 0 Å². The van der Waals surface area contributed by atoms with Crippen LogP contribution in [0, 0.1) is 6.92 Å². The topological polar surface area (TPSA) is 51.8 Å². The Morgan fingerprint density at radius 1 is 1.47 bits per heavy atom. The van der Waals surface area contributed by atoms with Crippen molar-refractivity contribution in [3.8, 4) is 0 Å². The standard InChI is InChI=1S/C10H9Cl2N3S2/c1-5-2-7(11)6(9(12)15-5)4-16-8-3-14-10(13)17-8/h2-3H,4H2,1H3,(H2,13,14). The van der Waals surface area contributed by atoms with Gasteiger partial charge in [-0.05, 0) is 13.0 Å². The van der Waals surface area contributed by atoms with Gasteiger partial charge < -0.3 is 5.73 Å². The van der Waals surface area contributed by atoms with E-state index in [9.17, 15) is 0 Å². The average molecular weight is 306 g/mol. The second-order valence-corrected chi connectivity index (χ2v) is 6.42. The van der Waals surface area contributed by atoms with Gasteiger partial charge in [0.2, 0.25) is 0 Å². The highest BCUT2D eigenvalue weighted by Gasteiger charge is 2.10. The third kappa shape index (κ3) is 3.25. The van der Waals surface area contributed by atoms with E-state index in [0.717, 1.165) is 15.5 Å². The molecule has 0 amide bonds. The third-order valence-electron chi connectivity index (χ3n) is 2.01. The van der Waals surface area contributed by atoms with Crippen molar-refractivity contribution in [3.05, 3.63) is 33.7 Å². The molecule has 0 atom stereocenters. The Labute approximate surface area is 117 Å². The number of halogens is 2. The summed E-state index contributed by atoms with van der Waals surface area (Å²) in [6.07, 6.45) is 1.74. The van der Waals surface area contributed by atoms with Gasteiger partial charge in [0.05, 0.1) is 10.4 Å². The van der Waals surface area contributed by atoms with Gasteiger partial charge in [-0.3, -0.25) is 0 Å². The minimum absolute atomic E-state index is 0.458. The zero-order valence-corrected chi connectivity index (χ0v) is 12.1. The average Bonchev–Trinajstić information content (AvgIpc) is 2.62. The van der Waals surface area contributed by atoms with Crippen LogP contribution in [0.5, 0.6) is 0 Å². The van der Waals surface area contributed by atoms with E-state index in [1.54, 1.807) is 18.0 Å². The van der Waals surface area contributed by atoms with Crippen molar-refractivity contribution in [1.82, 2.24) is 9.97 Å². The Hall–Kier alpha value is -0.490. The molecule has 2 N–H and O–H groups in total. The zero-order valence-electron chi connectivity index (χ0n) is 8.91. The van der Waals surface area contributed by atoms with E-state index in [0.29, 0.717) is 21.1 Å². The van der Waals surface area contributed by atoms with Crippen molar-refractivity contribution in [1.29, 1.82) is 0 Å². The van der Waals surface area contributed by atoms with Crippen LogP contribution < -0.4 is 5.73 Å². The highest BCUT2D eigenvalue weighted by Crippen LogP contribution is 2.33. The van der Waals surface area contributed by atoms with Gasteiger partial charge in [0.1, 0.15) is 5.15 Å². The minimum Gasteiger partial charge on any atom is -0.375 e. The Bertz CT molecular complexity index is 519. The molecule has 2 rings (SSSR count). The first-order valence-corrected chi connectivity index (χ1v) is 7.27. The van der Waals surface area contributed by atoms with Crippen molar-refractivity contribution < 1.29 is 0 Å². The summed E-state index contributed by atoms with van der Waals surface area (Å²) in [7, 11) is 0. The number of pyridine rings is 1. The predicted molar refractivity (Wildman–Crippen MR) is 75.1 cm³/mol. The molecular weight excluding hydrogens is 297 g/mol. The van der Waals surface area contributed by atoms with Crippen LogP contribution in [0.4, 0.5) is 5.13 Å². The number of thiazole rings is 1. The molecule has 0 unspecified atom stereocenters. The number of anilines is 1. The lowest BCUT2D eigenvalue weighted by Gasteiger charge is -2.06. The number of hydrogen-bond donors (Lipinski definition) is 1. The number of thioether (sulfide) groups is 1. The van der Waals surface area contributed by atoms with Gasteiger partial charge in [-0.2, -0.15) is 0 Å². The molecule has 0 aromatic carbocycles. The summed E-state index contributed by atoms with van der Waals surface area (Å²) in [5.74, 6) is 0.659. The Morgan fingerprint density at radius 3 is 2.82 bits per heavy atom. The molecule has 0 fully saturated rings. The molecule has 0 saturated carbocycles. The molecule has 0 aliphatic rings. The van der Waals surface area contributed by atoms with Gasteiger partial charge >= 0.3 is 0 Å². The van der Waals surface area contributed by atoms with Gasteiger partial charge in [0.15, 0.2) is 5.13 Å². The van der Waals surface area contributed by atoms with Crippen LogP contribution in [-0.2, 0) is 5.75 Å². The molecule has 0 aliphatic heterocycles. The molecule has 0 aliphatic carbocycles. The molecule has 2 aromatic rings. The highest BCUT2D eigenvalue weighted by atomic mass is 35.5. The maximum absolute atomic E-state index is 6.13. The fourth-order valence-electron chi connectivity index (χ4n) is 1.23. The van der Waals surface area contributed by atoms with E-state index in [2.05, 4.69) is 9.97 Å². The smallest absolute Gasteiger partial charge is 0.181 e. The Morgan fingerprint density at radius 2 is 2.24 bits per heavy atom. The van der Waals surface area contributed by atoms with Crippen LogP contribution >= 0.6 is 46.3 Å². The first kappa shape index (κ1) is 13.0. The number of nitrogens with two attached hydrogens (primary N) is 1. The quantitative estimate of drug-likeness (QED) is 0.687. The first-order chi connectivity index (χ1) is 8.06. The van der Waals surface area contributed by atoms with Crippen molar-refractivity contribution >= 4 is 51.4 Å². The normalized spacial score (nSPS) is 10.8. The molecule has 0 bridgehead atoms. The van der Waals surface area contributed by atoms with Crippen LogP contribution in [0.15, 0.2) is 16.5 Å². The molecule has 17 heavy (non-hydrogen) atoms. The number of nitrogens with zero attached hydrogens (tertiary/aromatic N) is 2. The molecule has 2 heterocycles. The third-order valence-corrected chi connectivity index (χ3v) is 4.71. The zero-order chi connectivity index (χ0) is 12.4. The lowest BCUT2D eigenvalue weighted by atomic mass is 10.3. The second-order valence-electron chi connectivity index (χ2n) is 3.32. The van der Waals surface area contributed by atoms with Gasteiger partial charge in [-0.15, -0.1) is 11.8 Å². The summed E-state index contributed by atoms with van der Waals surface area (Å²) >= 11 is 15.2. The van der Waals surface area contributed by atoms with Crippen molar-refractivity contribution in [3.63, 3.8) is 0 Å². The molecular formula is C10H9Cl2N3S2. The molecule has 3 nitrogen and oxygen atoms in total. The number of rotatable bonds is 3. The lowest BCUT2D eigenvalue weighted by molar-refractivity contribution is 1.16. The molecule has 0 saturated heterocycles. The summed E-state index contributed by atoms with van der Waals surface area (Å²) in [6.45, 7) is 1.86. The maximum Gasteiger partial charge on any atom is 0.181 e. The lowest BCUT2D eigenvalue weighted by Crippen LogP contribution is -1.91. The summed E-state index contributed by atoms with van der Waals surface area (Å²) in [5, 5.41) is 1.67. The summed E-state index contributed by atoms with van der Waals surface area (Å²) in [6, 6.07) is 1.81. The van der Waals surface area contributed by atoms with Crippen molar-refractivity contribution in [2.24, 2.45) is 0 Å². The molecule has 7 heteroatoms. The molecule has 0 radical (unpaired) electrons. The summed E-state index contributed by atoms with van der Waals surface area (Å²) < 4.78 is 1.04. The van der Waals surface area contributed by atoms with Gasteiger partial charge in [0.25, 0.3) is 0 Å². The summed E-state index contributed by atoms with van der Waals surface area (Å²) in [5.41, 5.74) is 7.22. The van der Waals surface area contributed by atoms with Crippen LogP contribution in [0.25, 0.3) is 0 Å². The van der Waals surface area contributed by atoms with E-state index < -0.39 is 0 Å². The van der Waals surface area contributed by atoms with E-state index in [4.69, 9.17) is 28.9 Å². The maximum atomic E-state index is 6.13. The number of hydrogen-bond acceptors (Lipinski definition) is 5. The van der Waals surface area contributed by atoms with E-state index in [1.807, 2.05) is 13.0 Å². The van der Waals surface area contributed by atoms with Gasteiger partial charge in [-0.25, -0.2) is 9.97 Å². The Balaban J connectivity index is 2.14. The predicted octanol–water partition coefficient (Wildman–Crippen LogP) is 4.03. The van der Waals surface area contributed by atoms with E-state index in [-0.39, 0.29) is 0 Å². The molecule has 90 valence electrons. The largest absolute Gasteiger partial charge is 0.375 e. The fraction of sp³-hybridized carbons (Fsp3) is 0.200. The molecule has 0 spiro atoms. The van der Waals surface area contributed by atoms with Crippen LogP contribution in [0.3, 0.4) is 0 Å². The van der Waals surface area contributed by atoms with Crippen molar-refractivity contribution in [2.45, 2.75) is 16.9 Å². The molecule has 2 aromatic heterocycles. The second kappa shape index (κ2) is 5.44. The van der Waals surface area contributed by atoms with Crippen LogP contribution in [0.2, 0.25) is 10.2 Å². The highest BCUT2D eigenvalue weighted by molar-refractivity contribution is 8.00. The van der Waals surface area contributed by atoms with E-state index in [1.165, 1.54) is 11.3 Å². The van der Waals surface area contributed by atoms with Gasteiger partial charge in [-0.1, -0.05) is 34.5 Å². The minimum atomic E-state index is 0.458. The summed E-state index contributed by atoms with van der Waals surface area (Å²) in [4.78, 5) is 8.16. The van der Waals surface area contributed by atoms with Crippen LogP contribution in [-0.4, -0.2) is 9.97 Å². The van der Waals surface area contributed by atoms with Crippen LogP contribution in [0.1, 0.15) is 11.3 Å². The van der Waals surface area contributed by atoms with Gasteiger partial charge in [0, 0.05) is 22.0 Å².